The Balaban J connectivity index is 2.48. The Kier molecular flexibility index (Phi) is 5.98. The summed E-state index contributed by atoms with van der Waals surface area (Å²) in [7, 11) is 0. The molecule has 0 saturated carbocycles. The van der Waals surface area contributed by atoms with E-state index in [1.165, 1.54) is 6.92 Å². The van der Waals surface area contributed by atoms with Crippen molar-refractivity contribution < 1.29 is 14.3 Å². The fourth-order valence-corrected chi connectivity index (χ4v) is 1.60. The van der Waals surface area contributed by atoms with Gasteiger partial charge in [0.05, 0.1) is 0 Å². The summed E-state index contributed by atoms with van der Waals surface area (Å²) < 4.78 is 5.11. The van der Waals surface area contributed by atoms with Gasteiger partial charge in [0.1, 0.15) is 5.60 Å². The molecule has 0 fully saturated rings. The highest BCUT2D eigenvalue weighted by atomic mass is 16.6. The molecule has 1 aromatic rings. The highest BCUT2D eigenvalue weighted by Gasteiger charge is 2.15. The Morgan fingerprint density at radius 3 is 2.52 bits per heavy atom. The normalized spacial score (nSPS) is 10.3. The SMILES string of the molecule is CC(=O)c1ccccc1C#CCCNC(=O)OC(C)(C)C. The highest BCUT2D eigenvalue weighted by Crippen LogP contribution is 2.08. The van der Waals surface area contributed by atoms with Gasteiger partial charge < -0.3 is 10.1 Å². The number of alkyl carbamates (subject to hydrolysis) is 1. The Bertz CT molecular complexity index is 574. The van der Waals surface area contributed by atoms with Crippen molar-refractivity contribution in [2.24, 2.45) is 0 Å². The average Bonchev–Trinajstić information content (AvgIpc) is 2.36. The van der Waals surface area contributed by atoms with E-state index in [9.17, 15) is 9.59 Å². The van der Waals surface area contributed by atoms with Crippen molar-refractivity contribution >= 4 is 11.9 Å². The molecule has 0 unspecified atom stereocenters. The lowest BCUT2D eigenvalue weighted by atomic mass is 10.0. The minimum atomic E-state index is -0.504. The number of ether oxygens (including phenoxy) is 1. The van der Waals surface area contributed by atoms with Gasteiger partial charge in [0.15, 0.2) is 5.78 Å². The second kappa shape index (κ2) is 7.49. The van der Waals surface area contributed by atoms with Crippen LogP contribution in [-0.4, -0.2) is 24.0 Å². The monoisotopic (exact) mass is 287 g/mol. The van der Waals surface area contributed by atoms with Crippen LogP contribution in [0.4, 0.5) is 4.79 Å². The van der Waals surface area contributed by atoms with Crippen molar-refractivity contribution in [1.29, 1.82) is 0 Å². The van der Waals surface area contributed by atoms with E-state index in [0.717, 1.165) is 0 Å². The fourth-order valence-electron chi connectivity index (χ4n) is 1.60. The lowest BCUT2D eigenvalue weighted by Gasteiger charge is -2.19. The van der Waals surface area contributed by atoms with E-state index in [4.69, 9.17) is 4.74 Å². The zero-order valence-electron chi connectivity index (χ0n) is 12.9. The number of hydrogen-bond acceptors (Lipinski definition) is 3. The van der Waals surface area contributed by atoms with Gasteiger partial charge >= 0.3 is 6.09 Å². The van der Waals surface area contributed by atoms with Gasteiger partial charge in [-0.05, 0) is 33.8 Å². The van der Waals surface area contributed by atoms with Crippen LogP contribution < -0.4 is 5.32 Å². The first-order valence-electron chi connectivity index (χ1n) is 6.85. The predicted octanol–water partition coefficient (Wildman–Crippen LogP) is 3.16. The van der Waals surface area contributed by atoms with Crippen LogP contribution in [0.1, 0.15) is 50.0 Å². The molecule has 0 atom stereocenters. The van der Waals surface area contributed by atoms with Gasteiger partial charge in [0.2, 0.25) is 0 Å². The van der Waals surface area contributed by atoms with Crippen LogP contribution in [0.5, 0.6) is 0 Å². The summed E-state index contributed by atoms with van der Waals surface area (Å²) in [6, 6.07) is 7.22. The summed E-state index contributed by atoms with van der Waals surface area (Å²) in [5.74, 6) is 5.89. The Morgan fingerprint density at radius 2 is 1.90 bits per heavy atom. The maximum atomic E-state index is 11.4. The number of carbonyl (C=O) groups excluding carboxylic acids is 2. The van der Waals surface area contributed by atoms with Crippen LogP contribution in [0.2, 0.25) is 0 Å². The molecular formula is C17H21NO3. The van der Waals surface area contributed by atoms with E-state index in [0.29, 0.717) is 24.1 Å². The summed E-state index contributed by atoms with van der Waals surface area (Å²) in [5.41, 5.74) is 0.822. The van der Waals surface area contributed by atoms with Crippen molar-refractivity contribution in [1.82, 2.24) is 5.32 Å². The van der Waals surface area contributed by atoms with E-state index in [-0.39, 0.29) is 5.78 Å². The van der Waals surface area contributed by atoms with Crippen LogP contribution >= 0.6 is 0 Å². The van der Waals surface area contributed by atoms with Crippen LogP contribution in [0, 0.1) is 11.8 Å². The molecule has 0 aliphatic carbocycles. The minimum Gasteiger partial charge on any atom is -0.444 e. The topological polar surface area (TPSA) is 55.4 Å². The molecule has 0 spiro atoms. The third-order valence-corrected chi connectivity index (χ3v) is 2.45. The molecule has 1 aromatic carbocycles. The van der Waals surface area contributed by atoms with Crippen LogP contribution in [0.3, 0.4) is 0 Å². The fraction of sp³-hybridized carbons (Fsp3) is 0.412. The molecule has 0 bridgehead atoms. The number of Topliss-reactive ketones (excluding diaryl/α,β-unsaturated/α-hetero) is 1. The molecule has 0 aliphatic heterocycles. The number of ketones is 1. The van der Waals surface area contributed by atoms with Crippen LogP contribution in [0.25, 0.3) is 0 Å². The first kappa shape index (κ1) is 16.8. The van der Waals surface area contributed by atoms with Crippen molar-refractivity contribution in [3.05, 3.63) is 35.4 Å². The van der Waals surface area contributed by atoms with Gasteiger partial charge in [0.25, 0.3) is 0 Å². The molecule has 1 rings (SSSR count). The first-order chi connectivity index (χ1) is 9.79. The second-order valence-electron chi connectivity index (χ2n) is 5.58. The predicted molar refractivity (Wildman–Crippen MR) is 82.2 cm³/mol. The molecule has 0 aliphatic rings. The van der Waals surface area contributed by atoms with Crippen molar-refractivity contribution in [3.63, 3.8) is 0 Å². The molecule has 21 heavy (non-hydrogen) atoms. The van der Waals surface area contributed by atoms with Gasteiger partial charge in [-0.2, -0.15) is 0 Å². The zero-order chi connectivity index (χ0) is 15.9. The quantitative estimate of drug-likeness (QED) is 0.528. The number of rotatable bonds is 3. The molecular weight excluding hydrogens is 266 g/mol. The first-order valence-corrected chi connectivity index (χ1v) is 6.85. The number of nitrogens with one attached hydrogen (secondary N) is 1. The van der Waals surface area contributed by atoms with E-state index < -0.39 is 11.7 Å². The summed E-state index contributed by atoms with van der Waals surface area (Å²) in [6.07, 6.45) is 0.0410. The standard InChI is InChI=1S/C17H21NO3/c1-13(19)15-11-6-5-9-14(15)10-7-8-12-18-16(20)21-17(2,3)4/h5-6,9,11H,8,12H2,1-4H3,(H,18,20). The van der Waals surface area contributed by atoms with Gasteiger partial charge in [-0.3, -0.25) is 4.79 Å². The zero-order valence-corrected chi connectivity index (χ0v) is 12.9. The van der Waals surface area contributed by atoms with Gasteiger partial charge in [0, 0.05) is 24.1 Å². The molecule has 0 saturated heterocycles. The smallest absolute Gasteiger partial charge is 0.407 e. The molecule has 4 nitrogen and oxygen atoms in total. The minimum absolute atomic E-state index is 0.00761. The lowest BCUT2D eigenvalue weighted by Crippen LogP contribution is -2.32. The van der Waals surface area contributed by atoms with Crippen molar-refractivity contribution in [2.75, 3.05) is 6.54 Å². The number of amides is 1. The average molecular weight is 287 g/mol. The van der Waals surface area contributed by atoms with Gasteiger partial charge in [-0.25, -0.2) is 4.79 Å². The summed E-state index contributed by atoms with van der Waals surface area (Å²) >= 11 is 0. The van der Waals surface area contributed by atoms with Gasteiger partial charge in [-0.15, -0.1) is 0 Å². The lowest BCUT2D eigenvalue weighted by molar-refractivity contribution is 0.0529. The summed E-state index contributed by atoms with van der Waals surface area (Å²) in [6.45, 7) is 7.36. The van der Waals surface area contributed by atoms with Crippen LogP contribution in [-0.2, 0) is 4.74 Å². The molecule has 112 valence electrons. The second-order valence-corrected chi connectivity index (χ2v) is 5.58. The third-order valence-electron chi connectivity index (χ3n) is 2.45. The molecule has 1 amide bonds. The van der Waals surface area contributed by atoms with Gasteiger partial charge in [-0.1, -0.05) is 30.0 Å². The molecule has 0 radical (unpaired) electrons. The van der Waals surface area contributed by atoms with Crippen molar-refractivity contribution in [2.45, 2.75) is 39.7 Å². The van der Waals surface area contributed by atoms with E-state index in [2.05, 4.69) is 17.2 Å². The Hall–Kier alpha value is -2.28. The largest absolute Gasteiger partial charge is 0.444 e. The Morgan fingerprint density at radius 1 is 1.24 bits per heavy atom. The summed E-state index contributed by atoms with van der Waals surface area (Å²) in [4.78, 5) is 22.8. The van der Waals surface area contributed by atoms with E-state index in [1.807, 2.05) is 39.0 Å². The molecule has 1 N–H and O–H groups in total. The Labute approximate surface area is 125 Å². The molecule has 0 aromatic heterocycles. The molecule has 4 heteroatoms. The van der Waals surface area contributed by atoms with E-state index >= 15 is 0 Å². The molecule has 0 heterocycles. The van der Waals surface area contributed by atoms with Crippen LogP contribution in [0.15, 0.2) is 24.3 Å². The summed E-state index contributed by atoms with van der Waals surface area (Å²) in [5, 5.41) is 2.63. The number of benzene rings is 1. The number of hydrogen-bond donors (Lipinski definition) is 1. The van der Waals surface area contributed by atoms with E-state index in [1.54, 1.807) is 6.07 Å². The van der Waals surface area contributed by atoms with Crippen molar-refractivity contribution in [3.8, 4) is 11.8 Å². The maximum absolute atomic E-state index is 11.4. The highest BCUT2D eigenvalue weighted by molar-refractivity contribution is 5.96. The third kappa shape index (κ3) is 6.62. The number of carbonyl (C=O) groups is 2. The maximum Gasteiger partial charge on any atom is 0.407 e.